The Morgan fingerprint density at radius 3 is 1.20 bits per heavy atom. The average Bonchev–Trinajstić information content (AvgIpc) is 4.07. The summed E-state index contributed by atoms with van der Waals surface area (Å²) in [6, 6.07) is 34.7. The zero-order valence-electron chi connectivity index (χ0n) is 38.7. The number of esters is 2. The summed E-state index contributed by atoms with van der Waals surface area (Å²) in [7, 11) is 0. The second-order valence-corrected chi connectivity index (χ2v) is 19.6. The van der Waals surface area contributed by atoms with E-state index in [-0.39, 0.29) is 11.9 Å². The number of unbranched alkanes of at least 4 members (excludes halogenated alkanes) is 10. The molecule has 7 rings (SSSR count). The largest absolute Gasteiger partial charge is 0.494 e. The first-order chi connectivity index (χ1) is 31.8. The molecule has 2 aromatic heterocycles. The first kappa shape index (κ1) is 47.5. The van der Waals surface area contributed by atoms with Crippen molar-refractivity contribution in [3.8, 4) is 43.9 Å². The van der Waals surface area contributed by atoms with Crippen molar-refractivity contribution in [1.82, 2.24) is 0 Å². The van der Waals surface area contributed by atoms with Crippen molar-refractivity contribution in [3.63, 3.8) is 0 Å². The van der Waals surface area contributed by atoms with Gasteiger partial charge in [-0.05, 0) is 189 Å². The second kappa shape index (κ2) is 24.2. The molecule has 1 aliphatic rings. The van der Waals surface area contributed by atoms with Gasteiger partial charge in [-0.1, -0.05) is 78.1 Å². The summed E-state index contributed by atoms with van der Waals surface area (Å²) in [6.45, 7) is 10.3. The third-order valence-corrected chi connectivity index (χ3v) is 14.3. The molecule has 0 amide bonds. The molecule has 0 bridgehead atoms. The molecule has 0 saturated heterocycles. The van der Waals surface area contributed by atoms with Gasteiger partial charge < -0.3 is 18.9 Å². The van der Waals surface area contributed by atoms with Crippen molar-refractivity contribution in [3.05, 3.63) is 141 Å². The van der Waals surface area contributed by atoms with Crippen molar-refractivity contribution >= 4 is 45.8 Å². The number of hydrogen-bond donors (Lipinski definition) is 0. The van der Waals surface area contributed by atoms with Crippen LogP contribution in [0.4, 0.5) is 0 Å². The summed E-state index contributed by atoms with van der Waals surface area (Å²) >= 11 is 3.61. The van der Waals surface area contributed by atoms with E-state index < -0.39 is 0 Å². The molecule has 0 spiro atoms. The number of aryl methyl sites for hydroxylation is 2. The number of benzene rings is 4. The van der Waals surface area contributed by atoms with Crippen LogP contribution in [0.5, 0.6) is 23.0 Å². The molecular weight excluding hydrogens is 845 g/mol. The van der Waals surface area contributed by atoms with E-state index in [1.807, 2.05) is 72.8 Å². The van der Waals surface area contributed by atoms with Gasteiger partial charge in [0.2, 0.25) is 0 Å². The Hall–Kier alpha value is -5.44. The smallest absolute Gasteiger partial charge is 0.343 e. The molecule has 2 heterocycles. The zero-order valence-corrected chi connectivity index (χ0v) is 40.3. The molecule has 0 saturated carbocycles. The van der Waals surface area contributed by atoms with Crippen LogP contribution in [0.15, 0.2) is 109 Å². The molecule has 4 aromatic carbocycles. The molecular formula is C57H64O6S2. The van der Waals surface area contributed by atoms with Crippen molar-refractivity contribution in [2.75, 3.05) is 13.2 Å². The van der Waals surface area contributed by atoms with Crippen LogP contribution in [-0.4, -0.2) is 25.2 Å². The number of rotatable bonds is 24. The maximum atomic E-state index is 13.0. The molecule has 0 radical (unpaired) electrons. The lowest BCUT2D eigenvalue weighted by Gasteiger charge is -2.08. The van der Waals surface area contributed by atoms with Gasteiger partial charge in [-0.2, -0.15) is 0 Å². The Labute approximate surface area is 394 Å². The number of allylic oxidation sites excluding steroid dienone is 2. The minimum atomic E-state index is -0.387. The number of hydrogen-bond acceptors (Lipinski definition) is 8. The van der Waals surface area contributed by atoms with Gasteiger partial charge in [0.25, 0.3) is 0 Å². The topological polar surface area (TPSA) is 71.1 Å². The van der Waals surface area contributed by atoms with Crippen molar-refractivity contribution in [1.29, 1.82) is 0 Å². The summed E-state index contributed by atoms with van der Waals surface area (Å²) in [6.07, 6.45) is 17.9. The quantitative estimate of drug-likeness (QED) is 0.0342. The maximum Gasteiger partial charge on any atom is 0.343 e. The highest BCUT2D eigenvalue weighted by molar-refractivity contribution is 7.16. The second-order valence-electron chi connectivity index (χ2n) is 17.1. The Bertz CT molecular complexity index is 2300. The highest BCUT2D eigenvalue weighted by atomic mass is 32.1. The van der Waals surface area contributed by atoms with Crippen LogP contribution in [0.1, 0.15) is 152 Å². The normalized spacial score (nSPS) is 12.4. The van der Waals surface area contributed by atoms with Gasteiger partial charge >= 0.3 is 11.9 Å². The predicted molar refractivity (Wildman–Crippen MR) is 270 cm³/mol. The van der Waals surface area contributed by atoms with Gasteiger partial charge in [-0.3, -0.25) is 0 Å². The fourth-order valence-electron chi connectivity index (χ4n) is 8.41. The van der Waals surface area contributed by atoms with Gasteiger partial charge in [-0.15, -0.1) is 22.7 Å². The monoisotopic (exact) mass is 908 g/mol. The minimum Gasteiger partial charge on any atom is -0.494 e. The van der Waals surface area contributed by atoms with E-state index in [1.54, 1.807) is 46.9 Å². The van der Waals surface area contributed by atoms with Crippen molar-refractivity contribution < 1.29 is 28.5 Å². The molecule has 0 fully saturated rings. The molecule has 8 heteroatoms. The summed E-state index contributed by atoms with van der Waals surface area (Å²) in [5.41, 5.74) is 8.69. The Morgan fingerprint density at radius 2 is 0.815 bits per heavy atom. The average molecular weight is 909 g/mol. The lowest BCUT2D eigenvalue weighted by molar-refractivity contribution is 0.0725. The number of ether oxygens (including phenoxy) is 4. The van der Waals surface area contributed by atoms with E-state index in [2.05, 4.69) is 39.8 Å². The molecule has 340 valence electrons. The highest BCUT2D eigenvalue weighted by Gasteiger charge is 2.24. The van der Waals surface area contributed by atoms with E-state index in [1.165, 1.54) is 106 Å². The molecule has 0 aliphatic heterocycles. The van der Waals surface area contributed by atoms with E-state index >= 15 is 0 Å². The van der Waals surface area contributed by atoms with Gasteiger partial charge in [-0.25, -0.2) is 9.59 Å². The Balaban J connectivity index is 0.928. The summed E-state index contributed by atoms with van der Waals surface area (Å²) in [5.74, 6) is 1.80. The number of thiophene rings is 2. The van der Waals surface area contributed by atoms with Crippen LogP contribution in [0.3, 0.4) is 0 Å². The van der Waals surface area contributed by atoms with Crippen LogP contribution in [0.2, 0.25) is 0 Å². The molecule has 65 heavy (non-hydrogen) atoms. The first-order valence-corrected chi connectivity index (χ1v) is 25.5. The fourth-order valence-corrected chi connectivity index (χ4v) is 10.5. The third kappa shape index (κ3) is 13.3. The lowest BCUT2D eigenvalue weighted by Crippen LogP contribution is -2.08. The van der Waals surface area contributed by atoms with Gasteiger partial charge in [0.15, 0.2) is 0 Å². The molecule has 1 aliphatic carbocycles. The minimum absolute atomic E-state index is 0.387. The zero-order chi connectivity index (χ0) is 45.4. The third-order valence-electron chi connectivity index (χ3n) is 12.1. The molecule has 0 atom stereocenters. The van der Waals surface area contributed by atoms with Crippen LogP contribution in [0.25, 0.3) is 32.0 Å². The van der Waals surface area contributed by atoms with Crippen molar-refractivity contribution in [2.24, 2.45) is 0 Å². The van der Waals surface area contributed by atoms with Crippen molar-refractivity contribution in [2.45, 2.75) is 124 Å². The molecule has 0 N–H and O–H groups in total. The van der Waals surface area contributed by atoms with Crippen LogP contribution in [0, 0.1) is 13.8 Å². The lowest BCUT2D eigenvalue weighted by atomic mass is 9.96. The van der Waals surface area contributed by atoms with Gasteiger partial charge in [0.05, 0.1) is 24.3 Å². The Kier molecular flexibility index (Phi) is 17.7. The van der Waals surface area contributed by atoms with Crippen LogP contribution in [-0.2, 0) is 0 Å². The number of carbonyl (C=O) groups excluding carboxylic acids is 2. The van der Waals surface area contributed by atoms with E-state index in [9.17, 15) is 9.59 Å². The predicted octanol–water partition coefficient (Wildman–Crippen LogP) is 16.8. The fraction of sp³-hybridized carbons (Fsp3) is 0.368. The molecule has 6 nitrogen and oxygen atoms in total. The maximum absolute atomic E-state index is 13.0. The molecule has 6 aromatic rings. The van der Waals surface area contributed by atoms with E-state index in [0.29, 0.717) is 35.8 Å². The standard InChI is InChI=1S/C57H64O6S2/c1-5-7-9-11-13-15-36-60-46-28-24-44(25-29-46)56(58)62-48-32-20-42(21-33-48)54-38-52(40(3)64-54)50-18-17-19-51(50)53-39-55(65-41(53)4)43-22-34-49(35-23-43)63-57(59)45-26-30-47(31-27-45)61-37-16-14-12-10-8-6-2/h20-35,38-39H,5-19,36-37H2,1-4H3. The van der Waals surface area contributed by atoms with Crippen LogP contribution >= 0.6 is 22.7 Å². The van der Waals surface area contributed by atoms with E-state index in [0.717, 1.165) is 54.7 Å². The molecule has 0 unspecified atom stereocenters. The summed E-state index contributed by atoms with van der Waals surface area (Å²) in [5, 5.41) is 0. The Morgan fingerprint density at radius 1 is 0.462 bits per heavy atom. The van der Waals surface area contributed by atoms with E-state index in [4.69, 9.17) is 18.9 Å². The summed E-state index contributed by atoms with van der Waals surface area (Å²) < 4.78 is 23.3. The first-order valence-electron chi connectivity index (χ1n) is 23.8. The summed E-state index contributed by atoms with van der Waals surface area (Å²) in [4.78, 5) is 30.9. The van der Waals surface area contributed by atoms with Gasteiger partial charge in [0, 0.05) is 19.5 Å². The van der Waals surface area contributed by atoms with Gasteiger partial charge in [0.1, 0.15) is 23.0 Å². The van der Waals surface area contributed by atoms with Crippen LogP contribution < -0.4 is 18.9 Å². The highest BCUT2D eigenvalue weighted by Crippen LogP contribution is 2.47. The number of carbonyl (C=O) groups is 2. The SMILES string of the molecule is CCCCCCCCOc1ccc(C(=O)Oc2ccc(-c3cc(C4=C(c5cc(-c6ccc(OC(=O)c7ccc(OCCCCCCCC)cc7)cc6)sc5C)CCC4)c(C)s3)cc2)cc1.